The molecule has 8 heteroatoms. The number of nitrogens with one attached hydrogen (secondary N) is 2. The predicted molar refractivity (Wildman–Crippen MR) is 127 cm³/mol. The fourth-order valence-electron chi connectivity index (χ4n) is 4.69. The van der Waals surface area contributed by atoms with E-state index in [1.54, 1.807) is 6.07 Å². The Hall–Kier alpha value is -2.74. The molecule has 1 aromatic heterocycles. The zero-order chi connectivity index (χ0) is 23.4. The Labute approximate surface area is 197 Å². The fraction of sp³-hybridized carbons (Fsp3) is 0.480. The van der Waals surface area contributed by atoms with E-state index < -0.39 is 11.7 Å². The zero-order valence-corrected chi connectivity index (χ0v) is 19.7. The number of anilines is 1. The molecule has 1 aliphatic carbocycles. The van der Waals surface area contributed by atoms with Crippen molar-refractivity contribution in [1.82, 2.24) is 10.2 Å². The number of nitrogens with zero attached hydrogens (tertiary/aromatic N) is 1. The molecule has 2 fully saturated rings. The Morgan fingerprint density at radius 2 is 1.73 bits per heavy atom. The maximum atomic E-state index is 13.4. The average molecular weight is 472 g/mol. The van der Waals surface area contributed by atoms with E-state index in [2.05, 4.69) is 10.6 Å². The van der Waals surface area contributed by atoms with Crippen LogP contribution in [-0.4, -0.2) is 41.8 Å². The highest BCUT2D eigenvalue weighted by molar-refractivity contribution is 7.18. The lowest BCUT2D eigenvalue weighted by Gasteiger charge is -2.35. The number of hydrogen-bond acceptors (Lipinski definition) is 4. The highest BCUT2D eigenvalue weighted by Crippen LogP contribution is 2.29. The van der Waals surface area contributed by atoms with Crippen LogP contribution >= 0.6 is 11.3 Å². The van der Waals surface area contributed by atoms with Crippen LogP contribution in [-0.2, 0) is 4.79 Å². The molecule has 1 saturated heterocycles. The van der Waals surface area contributed by atoms with Crippen LogP contribution in [0.15, 0.2) is 30.3 Å². The van der Waals surface area contributed by atoms with E-state index in [4.69, 9.17) is 0 Å². The number of rotatable bonds is 5. The quantitative estimate of drug-likeness (QED) is 0.661. The first kappa shape index (κ1) is 23.4. The second kappa shape index (κ2) is 10.5. The summed E-state index contributed by atoms with van der Waals surface area (Å²) >= 11 is 1.21. The van der Waals surface area contributed by atoms with Gasteiger partial charge in [0, 0.05) is 30.6 Å². The molecular formula is C25H30FN3O3S. The Balaban J connectivity index is 1.30. The van der Waals surface area contributed by atoms with Crippen molar-refractivity contribution in [3.8, 4) is 0 Å². The van der Waals surface area contributed by atoms with Crippen molar-refractivity contribution in [2.75, 3.05) is 18.4 Å². The summed E-state index contributed by atoms with van der Waals surface area (Å²) < 4.78 is 13.4. The molecule has 0 bridgehead atoms. The van der Waals surface area contributed by atoms with Gasteiger partial charge in [-0.25, -0.2) is 4.39 Å². The lowest BCUT2D eigenvalue weighted by molar-refractivity contribution is -0.137. The molecule has 176 valence electrons. The van der Waals surface area contributed by atoms with Crippen LogP contribution < -0.4 is 10.6 Å². The summed E-state index contributed by atoms with van der Waals surface area (Å²) in [4.78, 5) is 40.5. The lowest BCUT2D eigenvalue weighted by atomic mass is 9.87. The third-order valence-electron chi connectivity index (χ3n) is 6.54. The van der Waals surface area contributed by atoms with Gasteiger partial charge in [0.1, 0.15) is 5.82 Å². The second-order valence-corrected chi connectivity index (χ2v) is 10.0. The maximum Gasteiger partial charge on any atom is 0.261 e. The molecule has 0 atom stereocenters. The van der Waals surface area contributed by atoms with E-state index in [0.717, 1.165) is 44.1 Å². The standard InChI is InChI=1S/C25H30FN3O3S/c1-16-14-21(28-23(30)18-8-5-9-19(26)15-18)33-22(16)24(31)27-20-10-12-29(13-11-20)25(32)17-6-3-2-4-7-17/h5,8-9,14-15,17,20H,2-4,6-7,10-13H2,1H3,(H,27,31)(H,28,30). The van der Waals surface area contributed by atoms with Crippen LogP contribution in [0.5, 0.6) is 0 Å². The molecular weight excluding hydrogens is 441 g/mol. The van der Waals surface area contributed by atoms with Crippen LogP contribution in [0.3, 0.4) is 0 Å². The third-order valence-corrected chi connectivity index (χ3v) is 7.70. The van der Waals surface area contributed by atoms with Gasteiger partial charge in [-0.3, -0.25) is 14.4 Å². The Kier molecular flexibility index (Phi) is 7.42. The summed E-state index contributed by atoms with van der Waals surface area (Å²) in [6.07, 6.45) is 7.03. The largest absolute Gasteiger partial charge is 0.348 e. The van der Waals surface area contributed by atoms with Gasteiger partial charge in [-0.15, -0.1) is 11.3 Å². The van der Waals surface area contributed by atoms with Gasteiger partial charge in [-0.05, 0) is 62.4 Å². The number of amides is 3. The summed E-state index contributed by atoms with van der Waals surface area (Å²) in [7, 11) is 0. The number of aryl methyl sites for hydroxylation is 1. The first-order valence-electron chi connectivity index (χ1n) is 11.7. The van der Waals surface area contributed by atoms with Crippen LogP contribution in [0.2, 0.25) is 0 Å². The van der Waals surface area contributed by atoms with Gasteiger partial charge < -0.3 is 15.5 Å². The predicted octanol–water partition coefficient (Wildman–Crippen LogP) is 4.75. The van der Waals surface area contributed by atoms with E-state index >= 15 is 0 Å². The minimum absolute atomic E-state index is 0.0275. The summed E-state index contributed by atoms with van der Waals surface area (Å²) in [5.41, 5.74) is 0.999. The van der Waals surface area contributed by atoms with E-state index in [1.165, 1.54) is 42.0 Å². The summed E-state index contributed by atoms with van der Waals surface area (Å²) in [6.45, 7) is 3.19. The van der Waals surface area contributed by atoms with Crippen molar-refractivity contribution in [3.05, 3.63) is 52.2 Å². The topological polar surface area (TPSA) is 78.5 Å². The molecule has 3 amide bonds. The van der Waals surface area contributed by atoms with Crippen molar-refractivity contribution in [2.45, 2.75) is 57.9 Å². The molecule has 4 rings (SSSR count). The smallest absolute Gasteiger partial charge is 0.261 e. The number of hydrogen-bond donors (Lipinski definition) is 2. The van der Waals surface area contributed by atoms with Gasteiger partial charge in [-0.2, -0.15) is 0 Å². The van der Waals surface area contributed by atoms with Gasteiger partial charge in [0.25, 0.3) is 11.8 Å². The zero-order valence-electron chi connectivity index (χ0n) is 18.9. The van der Waals surface area contributed by atoms with Gasteiger partial charge in [0.2, 0.25) is 5.91 Å². The number of benzene rings is 1. The highest BCUT2D eigenvalue weighted by atomic mass is 32.1. The Bertz CT molecular complexity index is 1020. The SMILES string of the molecule is Cc1cc(NC(=O)c2cccc(F)c2)sc1C(=O)NC1CCN(C(=O)C2CCCCC2)CC1. The summed E-state index contributed by atoms with van der Waals surface area (Å²) in [5, 5.41) is 6.38. The van der Waals surface area contributed by atoms with Crippen LogP contribution in [0, 0.1) is 18.7 Å². The second-order valence-electron chi connectivity index (χ2n) is 9.00. The van der Waals surface area contributed by atoms with Crippen molar-refractivity contribution in [3.63, 3.8) is 0 Å². The van der Waals surface area contributed by atoms with Gasteiger partial charge >= 0.3 is 0 Å². The number of piperidine rings is 1. The minimum atomic E-state index is -0.475. The Morgan fingerprint density at radius 3 is 2.42 bits per heavy atom. The number of carbonyl (C=O) groups excluding carboxylic acids is 3. The monoisotopic (exact) mass is 471 g/mol. The van der Waals surface area contributed by atoms with Crippen molar-refractivity contribution in [2.24, 2.45) is 5.92 Å². The first-order chi connectivity index (χ1) is 15.9. The molecule has 1 aromatic carbocycles. The van der Waals surface area contributed by atoms with E-state index in [9.17, 15) is 18.8 Å². The number of likely N-dealkylation sites (tertiary alicyclic amines) is 1. The molecule has 1 saturated carbocycles. The normalized spacial score (nSPS) is 17.6. The van der Waals surface area contributed by atoms with E-state index in [-0.39, 0.29) is 29.3 Å². The summed E-state index contributed by atoms with van der Waals surface area (Å²) in [6, 6.07) is 7.26. The fourth-order valence-corrected chi connectivity index (χ4v) is 5.66. The molecule has 33 heavy (non-hydrogen) atoms. The van der Waals surface area contributed by atoms with Crippen LogP contribution in [0.1, 0.15) is 70.5 Å². The minimum Gasteiger partial charge on any atom is -0.348 e. The molecule has 0 radical (unpaired) electrons. The van der Waals surface area contributed by atoms with Crippen LogP contribution in [0.4, 0.5) is 9.39 Å². The van der Waals surface area contributed by atoms with E-state index in [0.29, 0.717) is 23.0 Å². The molecule has 0 spiro atoms. The molecule has 2 heterocycles. The molecule has 6 nitrogen and oxygen atoms in total. The van der Waals surface area contributed by atoms with Gasteiger partial charge in [-0.1, -0.05) is 25.3 Å². The van der Waals surface area contributed by atoms with E-state index in [1.807, 2.05) is 11.8 Å². The first-order valence-corrected chi connectivity index (χ1v) is 12.5. The molecule has 2 N–H and O–H groups in total. The van der Waals surface area contributed by atoms with Crippen LogP contribution in [0.25, 0.3) is 0 Å². The number of thiophene rings is 1. The summed E-state index contributed by atoms with van der Waals surface area (Å²) in [5.74, 6) is -0.595. The molecule has 1 aliphatic heterocycles. The van der Waals surface area contributed by atoms with Gasteiger partial charge in [0.05, 0.1) is 9.88 Å². The van der Waals surface area contributed by atoms with Crippen molar-refractivity contribution >= 4 is 34.1 Å². The molecule has 0 unspecified atom stereocenters. The maximum absolute atomic E-state index is 13.4. The number of carbonyl (C=O) groups is 3. The average Bonchev–Trinajstić information content (AvgIpc) is 3.19. The number of halogens is 1. The lowest BCUT2D eigenvalue weighted by Crippen LogP contribution is -2.48. The van der Waals surface area contributed by atoms with Crippen molar-refractivity contribution < 1.29 is 18.8 Å². The Morgan fingerprint density at radius 1 is 1.00 bits per heavy atom. The highest BCUT2D eigenvalue weighted by Gasteiger charge is 2.30. The molecule has 2 aliphatic rings. The third kappa shape index (κ3) is 5.79. The molecule has 2 aromatic rings. The van der Waals surface area contributed by atoms with Gasteiger partial charge in [0.15, 0.2) is 0 Å². The van der Waals surface area contributed by atoms with Crippen molar-refractivity contribution in [1.29, 1.82) is 0 Å².